The van der Waals surface area contributed by atoms with Crippen molar-refractivity contribution in [3.63, 3.8) is 0 Å². The van der Waals surface area contributed by atoms with Crippen molar-refractivity contribution in [1.29, 1.82) is 0 Å². The number of halogens is 1. The van der Waals surface area contributed by atoms with E-state index in [9.17, 15) is 0 Å². The lowest BCUT2D eigenvalue weighted by Crippen LogP contribution is -2.26. The molecule has 1 aliphatic heterocycles. The summed E-state index contributed by atoms with van der Waals surface area (Å²) in [5, 5.41) is 3.36. The average Bonchev–Trinajstić information content (AvgIpc) is 2.74. The van der Waals surface area contributed by atoms with Gasteiger partial charge in [0.05, 0.1) is 6.10 Å². The molecule has 1 saturated heterocycles. The summed E-state index contributed by atoms with van der Waals surface area (Å²) in [6.45, 7) is 2.56. The molecule has 0 radical (unpaired) electrons. The van der Waals surface area contributed by atoms with Crippen LogP contribution in [0.25, 0.3) is 0 Å². The zero-order valence-electron chi connectivity index (χ0n) is 9.82. The van der Waals surface area contributed by atoms with Gasteiger partial charge in [-0.05, 0) is 30.5 Å². The highest BCUT2D eigenvalue weighted by Crippen LogP contribution is 2.16. The van der Waals surface area contributed by atoms with Gasteiger partial charge < -0.3 is 21.5 Å². The highest BCUT2D eigenvalue weighted by molar-refractivity contribution is 5.85. The lowest BCUT2D eigenvalue weighted by atomic mass is 10.1. The van der Waals surface area contributed by atoms with Crippen LogP contribution in [0.1, 0.15) is 18.4 Å². The highest BCUT2D eigenvalue weighted by Gasteiger charge is 2.14. The first-order valence-corrected chi connectivity index (χ1v) is 5.72. The van der Waals surface area contributed by atoms with Crippen molar-refractivity contribution in [1.82, 2.24) is 5.32 Å². The minimum absolute atomic E-state index is 0. The van der Waals surface area contributed by atoms with Gasteiger partial charge in [0, 0.05) is 31.1 Å². The Kier molecular flexibility index (Phi) is 5.55. The van der Waals surface area contributed by atoms with Gasteiger partial charge in [0.1, 0.15) is 0 Å². The Morgan fingerprint density at radius 1 is 1.35 bits per heavy atom. The molecule has 0 saturated carbocycles. The SMILES string of the molecule is Cl.Nc1ccc(CNCC2CCCO2)c(N)c1. The van der Waals surface area contributed by atoms with Gasteiger partial charge in [-0.2, -0.15) is 0 Å². The van der Waals surface area contributed by atoms with Crippen molar-refractivity contribution in [2.75, 3.05) is 24.6 Å². The van der Waals surface area contributed by atoms with Gasteiger partial charge in [-0.1, -0.05) is 6.07 Å². The largest absolute Gasteiger partial charge is 0.399 e. The van der Waals surface area contributed by atoms with E-state index in [4.69, 9.17) is 16.2 Å². The van der Waals surface area contributed by atoms with Gasteiger partial charge >= 0.3 is 0 Å². The summed E-state index contributed by atoms with van der Waals surface area (Å²) in [6, 6.07) is 5.63. The predicted molar refractivity (Wildman–Crippen MR) is 73.2 cm³/mol. The third-order valence-corrected chi connectivity index (χ3v) is 2.88. The lowest BCUT2D eigenvalue weighted by Gasteiger charge is -2.12. The fourth-order valence-corrected chi connectivity index (χ4v) is 1.95. The number of hydrogen-bond donors (Lipinski definition) is 3. The van der Waals surface area contributed by atoms with E-state index in [-0.39, 0.29) is 12.4 Å². The first-order chi connectivity index (χ1) is 7.75. The first kappa shape index (κ1) is 14.1. The van der Waals surface area contributed by atoms with E-state index in [0.29, 0.717) is 11.8 Å². The van der Waals surface area contributed by atoms with Crippen molar-refractivity contribution < 1.29 is 4.74 Å². The minimum atomic E-state index is 0. The van der Waals surface area contributed by atoms with Crippen molar-refractivity contribution in [3.8, 4) is 0 Å². The summed E-state index contributed by atoms with van der Waals surface area (Å²) in [7, 11) is 0. The van der Waals surface area contributed by atoms with Crippen LogP contribution < -0.4 is 16.8 Å². The van der Waals surface area contributed by atoms with Gasteiger partial charge in [-0.3, -0.25) is 0 Å². The highest BCUT2D eigenvalue weighted by atomic mass is 35.5. The molecule has 0 aliphatic carbocycles. The molecule has 1 aromatic carbocycles. The molecule has 1 heterocycles. The standard InChI is InChI=1S/C12H19N3O.ClH/c13-10-4-3-9(12(14)6-10)7-15-8-11-2-1-5-16-11;/h3-4,6,11,15H,1-2,5,7-8,13-14H2;1H. The van der Waals surface area contributed by atoms with Crippen molar-refractivity contribution in [2.24, 2.45) is 0 Å². The Balaban J connectivity index is 0.00000144. The molecular weight excluding hydrogens is 238 g/mol. The summed E-state index contributed by atoms with van der Waals surface area (Å²) in [5.74, 6) is 0. The van der Waals surface area contributed by atoms with E-state index >= 15 is 0 Å². The molecule has 0 bridgehead atoms. The van der Waals surface area contributed by atoms with E-state index in [1.807, 2.05) is 12.1 Å². The summed E-state index contributed by atoms with van der Waals surface area (Å²) in [6.07, 6.45) is 2.70. The fourth-order valence-electron chi connectivity index (χ4n) is 1.95. The molecule has 4 nitrogen and oxygen atoms in total. The van der Waals surface area contributed by atoms with Crippen molar-refractivity contribution in [2.45, 2.75) is 25.5 Å². The molecule has 0 aromatic heterocycles. The molecule has 96 valence electrons. The van der Waals surface area contributed by atoms with Gasteiger partial charge in [-0.15, -0.1) is 12.4 Å². The van der Waals surface area contributed by atoms with Crippen LogP contribution in [0, 0.1) is 0 Å². The van der Waals surface area contributed by atoms with Crippen LogP contribution in [0.15, 0.2) is 18.2 Å². The number of hydrogen-bond acceptors (Lipinski definition) is 4. The third kappa shape index (κ3) is 4.07. The van der Waals surface area contributed by atoms with Crippen LogP contribution in [0.2, 0.25) is 0 Å². The van der Waals surface area contributed by atoms with E-state index in [2.05, 4.69) is 5.32 Å². The Labute approximate surface area is 108 Å². The van der Waals surface area contributed by atoms with Crippen LogP contribution >= 0.6 is 12.4 Å². The fraction of sp³-hybridized carbons (Fsp3) is 0.500. The topological polar surface area (TPSA) is 73.3 Å². The molecule has 0 amide bonds. The van der Waals surface area contributed by atoms with E-state index in [1.165, 1.54) is 6.42 Å². The second-order valence-corrected chi connectivity index (χ2v) is 4.22. The Bertz CT molecular complexity index is 354. The number of nitrogens with one attached hydrogen (secondary N) is 1. The first-order valence-electron chi connectivity index (χ1n) is 5.72. The molecule has 1 aromatic rings. The monoisotopic (exact) mass is 257 g/mol. The number of nitrogen functional groups attached to an aromatic ring is 2. The minimum Gasteiger partial charge on any atom is -0.399 e. The molecule has 1 fully saturated rings. The average molecular weight is 258 g/mol. The Morgan fingerprint density at radius 2 is 2.18 bits per heavy atom. The Hall–Kier alpha value is -0.970. The van der Waals surface area contributed by atoms with Gasteiger partial charge in [0.25, 0.3) is 0 Å². The van der Waals surface area contributed by atoms with E-state index in [0.717, 1.165) is 37.4 Å². The van der Waals surface area contributed by atoms with Gasteiger partial charge in [0.2, 0.25) is 0 Å². The van der Waals surface area contributed by atoms with E-state index in [1.54, 1.807) is 6.07 Å². The maximum absolute atomic E-state index is 5.86. The number of anilines is 2. The summed E-state index contributed by atoms with van der Waals surface area (Å²) >= 11 is 0. The maximum atomic E-state index is 5.86. The molecule has 5 N–H and O–H groups in total. The van der Waals surface area contributed by atoms with Crippen molar-refractivity contribution >= 4 is 23.8 Å². The molecule has 0 spiro atoms. The van der Waals surface area contributed by atoms with Crippen LogP contribution in [-0.2, 0) is 11.3 Å². The molecule has 1 atom stereocenters. The normalized spacial score (nSPS) is 18.9. The third-order valence-electron chi connectivity index (χ3n) is 2.88. The van der Waals surface area contributed by atoms with Crippen LogP contribution in [-0.4, -0.2) is 19.3 Å². The number of ether oxygens (including phenoxy) is 1. The lowest BCUT2D eigenvalue weighted by molar-refractivity contribution is 0.110. The summed E-state index contributed by atoms with van der Waals surface area (Å²) in [4.78, 5) is 0. The second kappa shape index (κ2) is 6.69. The molecule has 5 heteroatoms. The molecular formula is C12H20ClN3O. The zero-order valence-corrected chi connectivity index (χ0v) is 10.6. The van der Waals surface area contributed by atoms with Crippen LogP contribution in [0.3, 0.4) is 0 Å². The number of rotatable bonds is 4. The Morgan fingerprint density at radius 3 is 2.82 bits per heavy atom. The van der Waals surface area contributed by atoms with E-state index < -0.39 is 0 Å². The predicted octanol–water partition coefficient (Wildman–Crippen LogP) is 1.54. The van der Waals surface area contributed by atoms with Gasteiger partial charge in [-0.25, -0.2) is 0 Å². The molecule has 1 aliphatic rings. The quantitative estimate of drug-likeness (QED) is 0.716. The zero-order chi connectivity index (χ0) is 11.4. The summed E-state index contributed by atoms with van der Waals surface area (Å²) in [5.41, 5.74) is 14.0. The molecule has 2 rings (SSSR count). The molecule has 17 heavy (non-hydrogen) atoms. The summed E-state index contributed by atoms with van der Waals surface area (Å²) < 4.78 is 5.53. The second-order valence-electron chi connectivity index (χ2n) is 4.22. The van der Waals surface area contributed by atoms with Crippen molar-refractivity contribution in [3.05, 3.63) is 23.8 Å². The smallest absolute Gasteiger partial charge is 0.0700 e. The maximum Gasteiger partial charge on any atom is 0.0700 e. The number of nitrogens with two attached hydrogens (primary N) is 2. The van der Waals surface area contributed by atoms with Crippen LogP contribution in [0.5, 0.6) is 0 Å². The van der Waals surface area contributed by atoms with Gasteiger partial charge in [0.15, 0.2) is 0 Å². The van der Waals surface area contributed by atoms with Crippen LogP contribution in [0.4, 0.5) is 11.4 Å². The number of benzene rings is 1. The molecule has 1 unspecified atom stereocenters.